The molecule has 0 aliphatic carbocycles. The number of nitrogen functional groups attached to an aromatic ring is 1. The lowest BCUT2D eigenvalue weighted by atomic mass is 10.2. The Morgan fingerprint density at radius 3 is 2.75 bits per heavy atom. The van der Waals surface area contributed by atoms with E-state index in [1.54, 1.807) is 11.3 Å². The number of carbonyl (C=O) groups is 1. The van der Waals surface area contributed by atoms with E-state index in [1.165, 1.54) is 11.3 Å². The first-order valence-corrected chi connectivity index (χ1v) is 7.97. The predicted octanol–water partition coefficient (Wildman–Crippen LogP) is 4.04. The topological polar surface area (TPSA) is 55.1 Å². The molecule has 1 atom stereocenters. The molecule has 20 heavy (non-hydrogen) atoms. The predicted molar refractivity (Wildman–Crippen MR) is 86.4 cm³/mol. The highest BCUT2D eigenvalue weighted by atomic mass is 32.1. The van der Waals surface area contributed by atoms with Crippen molar-refractivity contribution in [2.75, 3.05) is 5.73 Å². The average molecular weight is 302 g/mol. The molecule has 0 radical (unpaired) electrons. The van der Waals surface area contributed by atoms with E-state index < -0.39 is 0 Å². The van der Waals surface area contributed by atoms with Gasteiger partial charge in [-0.15, -0.1) is 22.7 Å². The second-order valence-corrected chi connectivity index (χ2v) is 6.58. The van der Waals surface area contributed by atoms with Crippen molar-refractivity contribution >= 4 is 44.4 Å². The molecule has 0 aliphatic rings. The van der Waals surface area contributed by atoms with Gasteiger partial charge in [-0.2, -0.15) is 0 Å². The third-order valence-corrected chi connectivity index (χ3v) is 5.40. The monoisotopic (exact) mass is 302 g/mol. The Balaban J connectivity index is 1.87. The minimum absolute atomic E-state index is 0.00730. The molecule has 1 amide bonds. The maximum Gasteiger partial charge on any atom is 0.264 e. The van der Waals surface area contributed by atoms with Crippen LogP contribution in [-0.2, 0) is 0 Å². The third-order valence-electron chi connectivity index (χ3n) is 3.16. The van der Waals surface area contributed by atoms with E-state index >= 15 is 0 Å². The zero-order chi connectivity index (χ0) is 14.1. The molecule has 3 aromatic rings. The molecule has 0 saturated heterocycles. The van der Waals surface area contributed by atoms with Crippen molar-refractivity contribution in [3.63, 3.8) is 0 Å². The van der Waals surface area contributed by atoms with Crippen molar-refractivity contribution in [3.05, 3.63) is 51.5 Å². The highest BCUT2D eigenvalue weighted by molar-refractivity contribution is 7.21. The highest BCUT2D eigenvalue weighted by Gasteiger charge is 2.18. The summed E-state index contributed by atoms with van der Waals surface area (Å²) in [5, 5.41) is 5.96. The van der Waals surface area contributed by atoms with E-state index in [1.807, 2.05) is 48.7 Å². The van der Waals surface area contributed by atoms with Crippen molar-refractivity contribution in [1.82, 2.24) is 5.32 Å². The van der Waals surface area contributed by atoms with Gasteiger partial charge in [0.2, 0.25) is 0 Å². The molecule has 2 aromatic heterocycles. The SMILES string of the molecule is CC(NC(=O)c1sc2ccccc2c1N)c1cccs1. The third kappa shape index (κ3) is 2.30. The van der Waals surface area contributed by atoms with E-state index in [0.717, 1.165) is 15.0 Å². The Bertz CT molecular complexity index is 746. The van der Waals surface area contributed by atoms with Crippen molar-refractivity contribution in [2.24, 2.45) is 0 Å². The van der Waals surface area contributed by atoms with Gasteiger partial charge in [0.05, 0.1) is 11.7 Å². The molecule has 0 spiro atoms. The number of fused-ring (bicyclic) bond motifs is 1. The highest BCUT2D eigenvalue weighted by Crippen LogP contribution is 2.33. The van der Waals surface area contributed by atoms with Crippen LogP contribution in [-0.4, -0.2) is 5.91 Å². The molecule has 5 heteroatoms. The van der Waals surface area contributed by atoms with Crippen LogP contribution in [0.4, 0.5) is 5.69 Å². The Morgan fingerprint density at radius 1 is 1.25 bits per heavy atom. The first kappa shape index (κ1) is 13.1. The number of hydrogen-bond donors (Lipinski definition) is 2. The van der Waals surface area contributed by atoms with Gasteiger partial charge in [0.1, 0.15) is 4.88 Å². The fraction of sp³-hybridized carbons (Fsp3) is 0.133. The number of thiophene rings is 2. The molecule has 1 unspecified atom stereocenters. The molecule has 0 fully saturated rings. The van der Waals surface area contributed by atoms with Crippen LogP contribution in [0.1, 0.15) is 27.5 Å². The number of hydrogen-bond acceptors (Lipinski definition) is 4. The number of rotatable bonds is 3. The standard InChI is InChI=1S/C15H14N2OS2/c1-9(11-7-4-8-19-11)17-15(18)14-13(16)10-5-2-3-6-12(10)20-14/h2-9H,16H2,1H3,(H,17,18). The van der Waals surface area contributed by atoms with Gasteiger partial charge in [-0.3, -0.25) is 4.79 Å². The number of amides is 1. The summed E-state index contributed by atoms with van der Waals surface area (Å²) in [7, 11) is 0. The summed E-state index contributed by atoms with van der Waals surface area (Å²) in [6.45, 7) is 1.98. The van der Waals surface area contributed by atoms with Crippen LogP contribution < -0.4 is 11.1 Å². The number of benzene rings is 1. The molecule has 0 bridgehead atoms. The van der Waals surface area contributed by atoms with E-state index in [-0.39, 0.29) is 11.9 Å². The lowest BCUT2D eigenvalue weighted by Gasteiger charge is -2.11. The smallest absolute Gasteiger partial charge is 0.264 e. The first-order chi connectivity index (χ1) is 9.66. The van der Waals surface area contributed by atoms with Gasteiger partial charge in [0.15, 0.2) is 0 Å². The van der Waals surface area contributed by atoms with Gasteiger partial charge >= 0.3 is 0 Å². The van der Waals surface area contributed by atoms with Gasteiger partial charge in [0, 0.05) is 15.0 Å². The van der Waals surface area contributed by atoms with Crippen LogP contribution in [0.3, 0.4) is 0 Å². The summed E-state index contributed by atoms with van der Waals surface area (Å²) in [6, 6.07) is 11.8. The Labute approximate surface area is 125 Å². The van der Waals surface area contributed by atoms with Crippen LogP contribution in [0.25, 0.3) is 10.1 Å². The Hall–Kier alpha value is -1.85. The summed E-state index contributed by atoms with van der Waals surface area (Å²) in [4.78, 5) is 14.1. The lowest BCUT2D eigenvalue weighted by molar-refractivity contribution is 0.0945. The van der Waals surface area contributed by atoms with Crippen molar-refractivity contribution in [1.29, 1.82) is 0 Å². The molecule has 2 heterocycles. The average Bonchev–Trinajstić information content (AvgIpc) is 3.07. The first-order valence-electron chi connectivity index (χ1n) is 6.28. The van der Waals surface area contributed by atoms with Crippen molar-refractivity contribution in [3.8, 4) is 0 Å². The molecule has 0 aliphatic heterocycles. The fourth-order valence-electron chi connectivity index (χ4n) is 2.11. The number of carbonyl (C=O) groups excluding carboxylic acids is 1. The van der Waals surface area contributed by atoms with Gasteiger partial charge < -0.3 is 11.1 Å². The maximum atomic E-state index is 12.4. The summed E-state index contributed by atoms with van der Waals surface area (Å²) >= 11 is 3.07. The number of anilines is 1. The molecular formula is C15H14N2OS2. The number of nitrogens with two attached hydrogens (primary N) is 1. The zero-order valence-corrected chi connectivity index (χ0v) is 12.6. The van der Waals surface area contributed by atoms with Crippen LogP contribution in [0.15, 0.2) is 41.8 Å². The number of nitrogens with one attached hydrogen (secondary N) is 1. The van der Waals surface area contributed by atoms with Gasteiger partial charge in [-0.1, -0.05) is 24.3 Å². The molecule has 3 rings (SSSR count). The van der Waals surface area contributed by atoms with Gasteiger partial charge in [-0.25, -0.2) is 0 Å². The molecule has 3 nitrogen and oxygen atoms in total. The van der Waals surface area contributed by atoms with Crippen molar-refractivity contribution < 1.29 is 4.79 Å². The molecular weight excluding hydrogens is 288 g/mol. The van der Waals surface area contributed by atoms with Crippen LogP contribution in [0, 0.1) is 0 Å². The second-order valence-electron chi connectivity index (χ2n) is 4.55. The minimum Gasteiger partial charge on any atom is -0.397 e. The summed E-state index contributed by atoms with van der Waals surface area (Å²) < 4.78 is 1.04. The van der Waals surface area contributed by atoms with E-state index in [2.05, 4.69) is 5.32 Å². The lowest BCUT2D eigenvalue weighted by Crippen LogP contribution is -2.25. The van der Waals surface area contributed by atoms with Crippen molar-refractivity contribution in [2.45, 2.75) is 13.0 Å². The van der Waals surface area contributed by atoms with Crippen LogP contribution in [0.2, 0.25) is 0 Å². The van der Waals surface area contributed by atoms with Crippen LogP contribution >= 0.6 is 22.7 Å². The fourth-order valence-corrected chi connectivity index (χ4v) is 3.87. The minimum atomic E-state index is -0.107. The molecule has 1 aromatic carbocycles. The largest absolute Gasteiger partial charge is 0.397 e. The second kappa shape index (κ2) is 5.26. The van der Waals surface area contributed by atoms with Crippen LogP contribution in [0.5, 0.6) is 0 Å². The Kier molecular flexibility index (Phi) is 3.46. The van der Waals surface area contributed by atoms with E-state index in [9.17, 15) is 4.79 Å². The summed E-state index contributed by atoms with van der Waals surface area (Å²) in [5.41, 5.74) is 6.66. The molecule has 102 valence electrons. The van der Waals surface area contributed by atoms with Gasteiger partial charge in [-0.05, 0) is 24.4 Å². The quantitative estimate of drug-likeness (QED) is 0.767. The van der Waals surface area contributed by atoms with E-state index in [4.69, 9.17) is 5.73 Å². The summed E-state index contributed by atoms with van der Waals surface area (Å²) in [5.74, 6) is -0.107. The maximum absolute atomic E-state index is 12.4. The van der Waals surface area contributed by atoms with E-state index in [0.29, 0.717) is 10.6 Å². The Morgan fingerprint density at radius 2 is 2.05 bits per heavy atom. The molecule has 3 N–H and O–H groups in total. The normalized spacial score (nSPS) is 12.4. The van der Waals surface area contributed by atoms with Gasteiger partial charge in [0.25, 0.3) is 5.91 Å². The molecule has 0 saturated carbocycles. The zero-order valence-electron chi connectivity index (χ0n) is 10.9. The summed E-state index contributed by atoms with van der Waals surface area (Å²) in [6.07, 6.45) is 0.